The molecular weight excluding hydrogens is 490 g/mol. The number of carbonyl (C=O) groups excluding carboxylic acids is 2. The van der Waals surface area contributed by atoms with Gasteiger partial charge in [0.25, 0.3) is 0 Å². The van der Waals surface area contributed by atoms with Crippen LogP contribution in [-0.4, -0.2) is 38.7 Å². The van der Waals surface area contributed by atoms with Gasteiger partial charge in [0.05, 0.1) is 5.75 Å². The van der Waals surface area contributed by atoms with Gasteiger partial charge in [-0.05, 0) is 35.6 Å². The van der Waals surface area contributed by atoms with E-state index in [9.17, 15) is 18.0 Å². The minimum absolute atomic E-state index is 0.0390. The number of benzene rings is 3. The largest absolute Gasteiger partial charge is 0.384 e. The summed E-state index contributed by atoms with van der Waals surface area (Å²) in [4.78, 5) is 27.8. The maximum Gasteiger partial charge on any atom is 0.245 e. The molecule has 0 fully saturated rings. The lowest BCUT2D eigenvalue weighted by molar-refractivity contribution is -0.124. The fraction of sp³-hybridized carbons (Fsp3) is 0.222. The molecule has 1 heterocycles. The number of anilines is 1. The topological polar surface area (TPSA) is 145 Å². The monoisotopic (exact) mass is 519 g/mol. The summed E-state index contributed by atoms with van der Waals surface area (Å²) in [5.41, 5.74) is 8.96. The first-order valence-corrected chi connectivity index (χ1v) is 13.5. The second-order valence-corrected chi connectivity index (χ2v) is 10.6. The van der Waals surface area contributed by atoms with Gasteiger partial charge in [0, 0.05) is 17.8 Å². The molecule has 0 aromatic heterocycles. The number of hydrogen-bond acceptors (Lipinski definition) is 5. The third-order valence-corrected chi connectivity index (χ3v) is 7.48. The van der Waals surface area contributed by atoms with Crippen LogP contribution in [0.5, 0.6) is 0 Å². The van der Waals surface area contributed by atoms with Crippen LogP contribution >= 0.6 is 0 Å². The van der Waals surface area contributed by atoms with Crippen molar-refractivity contribution in [2.45, 2.75) is 31.2 Å². The van der Waals surface area contributed by atoms with Gasteiger partial charge in [-0.3, -0.25) is 15.0 Å². The van der Waals surface area contributed by atoms with Gasteiger partial charge in [0.15, 0.2) is 0 Å². The lowest BCUT2D eigenvalue weighted by Gasteiger charge is -2.26. The van der Waals surface area contributed by atoms with Crippen molar-refractivity contribution in [2.24, 2.45) is 5.73 Å². The number of fused-ring (bicyclic) bond motifs is 1. The molecule has 192 valence electrons. The zero-order chi connectivity index (χ0) is 26.4. The van der Waals surface area contributed by atoms with Crippen LogP contribution in [-0.2, 0) is 38.3 Å². The van der Waals surface area contributed by atoms with Crippen LogP contribution in [0.25, 0.3) is 0 Å². The van der Waals surface area contributed by atoms with Gasteiger partial charge >= 0.3 is 0 Å². The SMILES string of the molecule is N=C(N)c1ccc(CNC(=O)CN2C(=O)C(NS(=O)(=O)Cc3ccccc3)CCc3ccccc32)cc1. The number of amides is 2. The van der Waals surface area contributed by atoms with E-state index in [1.165, 1.54) is 4.90 Å². The van der Waals surface area contributed by atoms with E-state index < -0.39 is 22.0 Å². The van der Waals surface area contributed by atoms with E-state index in [1.54, 1.807) is 66.7 Å². The first-order chi connectivity index (χ1) is 17.7. The number of rotatable bonds is 9. The third kappa shape index (κ3) is 6.81. The first kappa shape index (κ1) is 26.1. The number of aryl methyl sites for hydroxylation is 1. The molecule has 0 radical (unpaired) electrons. The fourth-order valence-electron chi connectivity index (χ4n) is 4.24. The molecule has 5 N–H and O–H groups in total. The molecule has 37 heavy (non-hydrogen) atoms. The highest BCUT2D eigenvalue weighted by Crippen LogP contribution is 2.27. The van der Waals surface area contributed by atoms with Crippen LogP contribution in [0.1, 0.15) is 28.7 Å². The summed E-state index contributed by atoms with van der Waals surface area (Å²) in [7, 11) is -3.80. The highest BCUT2D eigenvalue weighted by Gasteiger charge is 2.34. The van der Waals surface area contributed by atoms with Crippen molar-refractivity contribution in [1.82, 2.24) is 10.0 Å². The molecule has 2 amide bonds. The minimum Gasteiger partial charge on any atom is -0.384 e. The summed E-state index contributed by atoms with van der Waals surface area (Å²) in [6.45, 7) is -0.0217. The molecule has 3 aromatic carbocycles. The van der Waals surface area contributed by atoms with E-state index in [-0.39, 0.29) is 37.0 Å². The van der Waals surface area contributed by atoms with E-state index >= 15 is 0 Å². The minimum atomic E-state index is -3.80. The third-order valence-electron chi connectivity index (χ3n) is 6.13. The number of carbonyl (C=O) groups is 2. The normalized spacial score (nSPS) is 15.5. The zero-order valence-corrected chi connectivity index (χ0v) is 21.0. The van der Waals surface area contributed by atoms with Crippen LogP contribution in [0.4, 0.5) is 5.69 Å². The molecule has 1 unspecified atom stereocenters. The number of nitrogens with two attached hydrogens (primary N) is 1. The Kier molecular flexibility index (Phi) is 8.00. The molecule has 3 aromatic rings. The lowest BCUT2D eigenvalue weighted by Crippen LogP contribution is -2.50. The van der Waals surface area contributed by atoms with Gasteiger partial charge in [0.1, 0.15) is 18.4 Å². The summed E-state index contributed by atoms with van der Waals surface area (Å²) in [6.07, 6.45) is 0.769. The summed E-state index contributed by atoms with van der Waals surface area (Å²) in [5, 5.41) is 10.3. The fourth-order valence-corrected chi connectivity index (χ4v) is 5.61. The Labute approximate surface area is 216 Å². The van der Waals surface area contributed by atoms with E-state index in [2.05, 4.69) is 10.0 Å². The molecular formula is C27H29N5O4S. The maximum atomic E-state index is 13.5. The average molecular weight is 520 g/mol. The Bertz CT molecular complexity index is 1390. The molecule has 10 heteroatoms. The van der Waals surface area contributed by atoms with Crippen LogP contribution in [0, 0.1) is 5.41 Å². The first-order valence-electron chi connectivity index (χ1n) is 11.8. The number of amidine groups is 1. The van der Waals surface area contributed by atoms with Gasteiger partial charge in [-0.1, -0.05) is 72.8 Å². The zero-order valence-electron chi connectivity index (χ0n) is 20.2. The van der Waals surface area contributed by atoms with Gasteiger partial charge in [-0.15, -0.1) is 0 Å². The summed E-state index contributed by atoms with van der Waals surface area (Å²) in [5.74, 6) is -1.13. The van der Waals surface area contributed by atoms with E-state index in [4.69, 9.17) is 11.1 Å². The molecule has 0 spiro atoms. The van der Waals surface area contributed by atoms with E-state index in [0.29, 0.717) is 23.2 Å². The Hall–Kier alpha value is -4.02. The predicted octanol–water partition coefficient (Wildman–Crippen LogP) is 2.05. The number of para-hydroxylation sites is 1. The van der Waals surface area contributed by atoms with Crippen LogP contribution in [0.3, 0.4) is 0 Å². The highest BCUT2D eigenvalue weighted by atomic mass is 32.2. The second kappa shape index (κ2) is 11.4. The molecule has 0 bridgehead atoms. The van der Waals surface area contributed by atoms with Crippen LogP contribution < -0.4 is 20.7 Å². The summed E-state index contributed by atoms with van der Waals surface area (Å²) >= 11 is 0. The Morgan fingerprint density at radius 1 is 0.973 bits per heavy atom. The predicted molar refractivity (Wildman–Crippen MR) is 142 cm³/mol. The van der Waals surface area contributed by atoms with Gasteiger partial charge < -0.3 is 16.0 Å². The van der Waals surface area contributed by atoms with Gasteiger partial charge in [-0.2, -0.15) is 0 Å². The molecule has 1 atom stereocenters. The molecule has 9 nitrogen and oxygen atoms in total. The van der Waals surface area contributed by atoms with E-state index in [1.807, 2.05) is 12.1 Å². The molecule has 0 saturated carbocycles. The second-order valence-electron chi connectivity index (χ2n) is 8.89. The molecule has 4 rings (SSSR count). The van der Waals surface area contributed by atoms with Crippen molar-refractivity contribution in [3.63, 3.8) is 0 Å². The van der Waals surface area contributed by atoms with Crippen LogP contribution in [0.2, 0.25) is 0 Å². The molecule has 1 aliphatic rings. The average Bonchev–Trinajstić information content (AvgIpc) is 3.00. The number of hydrogen-bond donors (Lipinski definition) is 4. The molecule has 1 aliphatic heterocycles. The molecule has 0 saturated heterocycles. The number of sulfonamides is 1. The number of nitrogen functional groups attached to an aromatic ring is 1. The Balaban J connectivity index is 1.47. The maximum absolute atomic E-state index is 13.5. The van der Waals surface area contributed by atoms with Gasteiger partial charge in [0.2, 0.25) is 21.8 Å². The van der Waals surface area contributed by atoms with E-state index in [0.717, 1.165) is 11.1 Å². The van der Waals surface area contributed by atoms with Gasteiger partial charge in [-0.25, -0.2) is 13.1 Å². The van der Waals surface area contributed by atoms with Crippen molar-refractivity contribution in [3.05, 3.63) is 101 Å². The smallest absolute Gasteiger partial charge is 0.245 e. The quantitative estimate of drug-likeness (QED) is 0.253. The summed E-state index contributed by atoms with van der Waals surface area (Å²) < 4.78 is 28.3. The lowest BCUT2D eigenvalue weighted by atomic mass is 10.1. The summed E-state index contributed by atoms with van der Waals surface area (Å²) in [6, 6.07) is 22.0. The van der Waals surface area contributed by atoms with Crippen molar-refractivity contribution in [2.75, 3.05) is 11.4 Å². The molecule has 0 aliphatic carbocycles. The van der Waals surface area contributed by atoms with Crippen molar-refractivity contribution >= 4 is 33.4 Å². The van der Waals surface area contributed by atoms with Crippen molar-refractivity contribution < 1.29 is 18.0 Å². The highest BCUT2D eigenvalue weighted by molar-refractivity contribution is 7.88. The Morgan fingerprint density at radius 2 is 1.65 bits per heavy atom. The standard InChI is InChI=1S/C27H29N5O4S/c28-26(29)22-12-10-19(11-13-22)16-30-25(33)17-32-24-9-5-4-8-21(24)14-15-23(27(32)34)31-37(35,36)18-20-6-2-1-3-7-20/h1-13,23,31H,14-18H2,(H3,28,29)(H,30,33). The number of nitrogens with zero attached hydrogens (tertiary/aromatic N) is 1. The van der Waals surface area contributed by atoms with Crippen molar-refractivity contribution in [3.8, 4) is 0 Å². The van der Waals surface area contributed by atoms with Crippen LogP contribution in [0.15, 0.2) is 78.9 Å². The van der Waals surface area contributed by atoms with Crippen molar-refractivity contribution in [1.29, 1.82) is 5.41 Å². The number of nitrogens with one attached hydrogen (secondary N) is 3. The Morgan fingerprint density at radius 3 is 2.35 bits per heavy atom.